The van der Waals surface area contributed by atoms with Gasteiger partial charge in [-0.1, -0.05) is 6.92 Å². The number of likely N-dealkylation sites (tertiary alicyclic amines) is 1. The first kappa shape index (κ1) is 14.2. The van der Waals surface area contributed by atoms with Gasteiger partial charge in [-0.15, -0.1) is 0 Å². The Morgan fingerprint density at radius 3 is 2.76 bits per heavy atom. The summed E-state index contributed by atoms with van der Waals surface area (Å²) >= 11 is 0. The maximum atomic E-state index is 12.4. The van der Waals surface area contributed by atoms with Gasteiger partial charge in [-0.2, -0.15) is 0 Å². The van der Waals surface area contributed by atoms with E-state index >= 15 is 0 Å². The summed E-state index contributed by atoms with van der Waals surface area (Å²) in [5, 5.41) is 2.96. The second-order valence-corrected chi connectivity index (χ2v) is 5.95. The highest BCUT2D eigenvalue weighted by Crippen LogP contribution is 2.34. The number of amides is 1. The van der Waals surface area contributed by atoms with Gasteiger partial charge < -0.3 is 14.8 Å². The fraction of sp³-hybridized carbons (Fsp3) is 0.562. The van der Waals surface area contributed by atoms with Crippen LogP contribution in [0.3, 0.4) is 0 Å². The van der Waals surface area contributed by atoms with Crippen LogP contribution in [0, 0.1) is 5.92 Å². The lowest BCUT2D eigenvalue weighted by molar-refractivity contribution is -0.121. The molecular weight excluding hydrogens is 268 g/mol. The number of rotatable bonds is 3. The summed E-state index contributed by atoms with van der Waals surface area (Å²) in [6, 6.07) is 5.37. The standard InChI is InChI=1S/C16H22N2O3/c1-11-5-7-18(8-6-11)12(2)16(19)17-13-3-4-14-15(9-13)21-10-20-14/h3-4,9,11-12H,5-8,10H2,1-2H3,(H,17,19)/t12-/m1/s1. The molecule has 0 spiro atoms. The van der Waals surface area contributed by atoms with Crippen molar-refractivity contribution in [2.75, 3.05) is 25.2 Å². The molecule has 1 fully saturated rings. The van der Waals surface area contributed by atoms with E-state index in [4.69, 9.17) is 9.47 Å². The Balaban J connectivity index is 1.60. The highest BCUT2D eigenvalue weighted by atomic mass is 16.7. The van der Waals surface area contributed by atoms with Crippen LogP contribution in [0.5, 0.6) is 11.5 Å². The number of carbonyl (C=O) groups is 1. The molecule has 1 aromatic rings. The van der Waals surface area contributed by atoms with Crippen LogP contribution < -0.4 is 14.8 Å². The third-order valence-electron chi connectivity index (χ3n) is 4.39. The van der Waals surface area contributed by atoms with Crippen molar-refractivity contribution in [1.29, 1.82) is 0 Å². The predicted molar refractivity (Wildman–Crippen MR) is 80.6 cm³/mol. The average Bonchev–Trinajstić information content (AvgIpc) is 2.95. The molecule has 3 rings (SSSR count). The third kappa shape index (κ3) is 3.13. The van der Waals surface area contributed by atoms with Gasteiger partial charge in [0.2, 0.25) is 12.7 Å². The second kappa shape index (κ2) is 5.93. The van der Waals surface area contributed by atoms with E-state index in [9.17, 15) is 4.79 Å². The first-order valence-electron chi connectivity index (χ1n) is 7.58. The van der Waals surface area contributed by atoms with Crippen LogP contribution in [0.1, 0.15) is 26.7 Å². The Morgan fingerprint density at radius 1 is 1.29 bits per heavy atom. The molecule has 0 aliphatic carbocycles. The van der Waals surface area contributed by atoms with Crippen LogP contribution in [0.25, 0.3) is 0 Å². The van der Waals surface area contributed by atoms with E-state index < -0.39 is 0 Å². The molecule has 0 aromatic heterocycles. The first-order chi connectivity index (χ1) is 10.1. The van der Waals surface area contributed by atoms with Gasteiger partial charge in [-0.05, 0) is 50.9 Å². The lowest BCUT2D eigenvalue weighted by Gasteiger charge is -2.34. The van der Waals surface area contributed by atoms with Crippen LogP contribution in [-0.2, 0) is 4.79 Å². The van der Waals surface area contributed by atoms with E-state index in [1.54, 1.807) is 0 Å². The summed E-state index contributed by atoms with van der Waals surface area (Å²) in [6.45, 7) is 6.48. The number of fused-ring (bicyclic) bond motifs is 1. The Hall–Kier alpha value is -1.75. The summed E-state index contributed by atoms with van der Waals surface area (Å²) < 4.78 is 10.6. The highest BCUT2D eigenvalue weighted by Gasteiger charge is 2.25. The van der Waals surface area contributed by atoms with E-state index in [-0.39, 0.29) is 18.7 Å². The lowest BCUT2D eigenvalue weighted by atomic mass is 9.98. The van der Waals surface area contributed by atoms with Crippen molar-refractivity contribution in [2.45, 2.75) is 32.7 Å². The van der Waals surface area contributed by atoms with Crippen LogP contribution in [0.15, 0.2) is 18.2 Å². The van der Waals surface area contributed by atoms with E-state index in [1.165, 1.54) is 12.8 Å². The van der Waals surface area contributed by atoms with E-state index in [2.05, 4.69) is 17.1 Å². The minimum absolute atomic E-state index is 0.0309. The van der Waals surface area contributed by atoms with Gasteiger partial charge in [0.25, 0.3) is 0 Å². The topological polar surface area (TPSA) is 50.8 Å². The molecule has 1 amide bonds. The first-order valence-corrected chi connectivity index (χ1v) is 7.58. The molecule has 2 aliphatic rings. The lowest BCUT2D eigenvalue weighted by Crippen LogP contribution is -2.45. The Kier molecular flexibility index (Phi) is 4.01. The minimum Gasteiger partial charge on any atom is -0.454 e. The molecule has 1 atom stereocenters. The molecule has 2 heterocycles. The molecule has 21 heavy (non-hydrogen) atoms. The van der Waals surface area contributed by atoms with Crippen molar-refractivity contribution >= 4 is 11.6 Å². The molecular formula is C16H22N2O3. The molecule has 1 saturated heterocycles. The monoisotopic (exact) mass is 290 g/mol. The van der Waals surface area contributed by atoms with Crippen molar-refractivity contribution < 1.29 is 14.3 Å². The molecule has 0 bridgehead atoms. The van der Waals surface area contributed by atoms with Crippen molar-refractivity contribution in [3.05, 3.63) is 18.2 Å². The zero-order chi connectivity index (χ0) is 14.8. The fourth-order valence-corrected chi connectivity index (χ4v) is 2.80. The number of hydrogen-bond acceptors (Lipinski definition) is 4. The normalized spacial score (nSPS) is 20.3. The molecule has 5 heteroatoms. The van der Waals surface area contributed by atoms with Gasteiger partial charge in [0, 0.05) is 11.8 Å². The smallest absolute Gasteiger partial charge is 0.241 e. The van der Waals surface area contributed by atoms with Gasteiger partial charge in [0.05, 0.1) is 6.04 Å². The number of nitrogens with one attached hydrogen (secondary N) is 1. The Morgan fingerprint density at radius 2 is 2.00 bits per heavy atom. The van der Waals surface area contributed by atoms with Gasteiger partial charge in [0.15, 0.2) is 11.5 Å². The van der Waals surface area contributed by atoms with E-state index in [0.717, 1.165) is 30.4 Å². The Labute approximate surface area is 125 Å². The summed E-state index contributed by atoms with van der Waals surface area (Å²) in [5.41, 5.74) is 0.751. The maximum Gasteiger partial charge on any atom is 0.241 e. The summed E-state index contributed by atoms with van der Waals surface area (Å²) in [7, 11) is 0. The largest absolute Gasteiger partial charge is 0.454 e. The van der Waals surface area contributed by atoms with E-state index in [0.29, 0.717) is 5.75 Å². The van der Waals surface area contributed by atoms with Crippen LogP contribution in [0.2, 0.25) is 0 Å². The SMILES string of the molecule is CC1CCN([C@H](C)C(=O)Nc2ccc3c(c2)OCO3)CC1. The van der Waals surface area contributed by atoms with Crippen molar-refractivity contribution in [1.82, 2.24) is 4.90 Å². The number of carbonyl (C=O) groups excluding carboxylic acids is 1. The van der Waals surface area contributed by atoms with Gasteiger partial charge >= 0.3 is 0 Å². The van der Waals surface area contributed by atoms with Crippen LogP contribution >= 0.6 is 0 Å². The minimum atomic E-state index is -0.108. The van der Waals surface area contributed by atoms with Crippen molar-refractivity contribution in [3.63, 3.8) is 0 Å². The molecule has 0 unspecified atom stereocenters. The number of benzene rings is 1. The molecule has 1 aromatic carbocycles. The van der Waals surface area contributed by atoms with Gasteiger partial charge in [-0.3, -0.25) is 9.69 Å². The number of piperidine rings is 1. The fourth-order valence-electron chi connectivity index (χ4n) is 2.80. The molecule has 114 valence electrons. The number of ether oxygens (including phenoxy) is 2. The van der Waals surface area contributed by atoms with Gasteiger partial charge in [-0.25, -0.2) is 0 Å². The zero-order valence-electron chi connectivity index (χ0n) is 12.6. The number of nitrogens with zero attached hydrogens (tertiary/aromatic N) is 1. The van der Waals surface area contributed by atoms with E-state index in [1.807, 2.05) is 25.1 Å². The molecule has 0 radical (unpaired) electrons. The molecule has 5 nitrogen and oxygen atoms in total. The highest BCUT2D eigenvalue weighted by molar-refractivity contribution is 5.94. The average molecular weight is 290 g/mol. The van der Waals surface area contributed by atoms with Crippen molar-refractivity contribution in [3.8, 4) is 11.5 Å². The predicted octanol–water partition coefficient (Wildman–Crippen LogP) is 2.47. The zero-order valence-corrected chi connectivity index (χ0v) is 12.6. The third-order valence-corrected chi connectivity index (χ3v) is 4.39. The summed E-state index contributed by atoms with van der Waals surface area (Å²) in [5.74, 6) is 2.21. The number of hydrogen-bond donors (Lipinski definition) is 1. The van der Waals surface area contributed by atoms with Crippen LogP contribution in [-0.4, -0.2) is 36.7 Å². The van der Waals surface area contributed by atoms with Crippen LogP contribution in [0.4, 0.5) is 5.69 Å². The molecule has 1 N–H and O–H groups in total. The van der Waals surface area contributed by atoms with Crippen molar-refractivity contribution in [2.24, 2.45) is 5.92 Å². The number of anilines is 1. The maximum absolute atomic E-state index is 12.4. The summed E-state index contributed by atoms with van der Waals surface area (Å²) in [4.78, 5) is 14.6. The molecule has 2 aliphatic heterocycles. The quantitative estimate of drug-likeness (QED) is 0.929. The second-order valence-electron chi connectivity index (χ2n) is 5.95. The summed E-state index contributed by atoms with van der Waals surface area (Å²) in [6.07, 6.45) is 2.34. The molecule has 0 saturated carbocycles. The Bertz CT molecular complexity index is 524. The van der Waals surface area contributed by atoms with Gasteiger partial charge in [0.1, 0.15) is 0 Å².